The van der Waals surface area contributed by atoms with Crippen molar-refractivity contribution in [2.24, 2.45) is 0 Å². The van der Waals surface area contributed by atoms with E-state index in [1.54, 1.807) is 6.20 Å². The van der Waals surface area contributed by atoms with Crippen LogP contribution in [0.5, 0.6) is 0 Å². The minimum atomic E-state index is -0.292. The molecule has 1 unspecified atom stereocenters. The number of hydrogen-bond acceptors (Lipinski definition) is 5. The van der Waals surface area contributed by atoms with Gasteiger partial charge < -0.3 is 15.1 Å². The molecule has 3 rings (SSSR count). The molecule has 0 saturated carbocycles. The number of likely N-dealkylation sites (N-methyl/N-ethyl adjacent to an activating group) is 1. The number of thiazole rings is 1. The topological polar surface area (TPSA) is 48.5 Å². The number of aryl methyl sites for hydroxylation is 1. The van der Waals surface area contributed by atoms with Crippen LogP contribution in [-0.2, 0) is 0 Å². The summed E-state index contributed by atoms with van der Waals surface area (Å²) in [6.07, 6.45) is 1.58. The van der Waals surface area contributed by atoms with Crippen molar-refractivity contribution in [1.82, 2.24) is 15.2 Å². The first-order chi connectivity index (χ1) is 12.5. The second-order valence-electron chi connectivity index (χ2n) is 6.56. The van der Waals surface area contributed by atoms with Crippen LogP contribution in [0.2, 0.25) is 0 Å². The average molecular weight is 377 g/mol. The summed E-state index contributed by atoms with van der Waals surface area (Å²) in [6, 6.07) is 4.56. The summed E-state index contributed by atoms with van der Waals surface area (Å²) in [5.74, 6) is -0.459. The fraction of sp³-hybridized carbons (Fsp3) is 0.474. The summed E-state index contributed by atoms with van der Waals surface area (Å²) >= 11 is 1.36. The molecule has 1 aromatic carbocycles. The van der Waals surface area contributed by atoms with Crippen LogP contribution in [0.25, 0.3) is 0 Å². The van der Waals surface area contributed by atoms with E-state index in [1.165, 1.54) is 23.5 Å². The van der Waals surface area contributed by atoms with Crippen LogP contribution in [-0.4, -0.2) is 48.5 Å². The number of nitrogens with one attached hydrogen (secondary N) is 1. The molecule has 140 valence electrons. The smallest absolute Gasteiger partial charge is 0.263 e. The molecule has 1 saturated heterocycles. The second-order valence-corrected chi connectivity index (χ2v) is 7.80. The Bertz CT molecular complexity index is 771. The monoisotopic (exact) mass is 376 g/mol. The molecule has 1 atom stereocenters. The van der Waals surface area contributed by atoms with Crippen LogP contribution in [0.1, 0.15) is 40.1 Å². The normalized spacial score (nSPS) is 16.5. The largest absolute Gasteiger partial charge is 0.369 e. The molecule has 5 nitrogen and oxygen atoms in total. The van der Waals surface area contributed by atoms with Crippen molar-refractivity contribution in [3.8, 4) is 0 Å². The van der Waals surface area contributed by atoms with Crippen molar-refractivity contribution < 1.29 is 9.18 Å². The number of rotatable bonds is 5. The minimum Gasteiger partial charge on any atom is -0.369 e. The van der Waals surface area contributed by atoms with E-state index >= 15 is 0 Å². The Balaban J connectivity index is 1.77. The van der Waals surface area contributed by atoms with E-state index in [0.29, 0.717) is 4.88 Å². The molecule has 1 aromatic heterocycles. The van der Waals surface area contributed by atoms with Gasteiger partial charge in [0.15, 0.2) is 0 Å². The molecular weight excluding hydrogens is 351 g/mol. The molecule has 0 bridgehead atoms. The lowest BCUT2D eigenvalue weighted by Crippen LogP contribution is -2.46. The van der Waals surface area contributed by atoms with Crippen LogP contribution >= 0.6 is 11.3 Å². The van der Waals surface area contributed by atoms with Gasteiger partial charge >= 0.3 is 0 Å². The first-order valence-electron chi connectivity index (χ1n) is 8.98. The zero-order chi connectivity index (χ0) is 18.7. The second kappa shape index (κ2) is 8.14. The lowest BCUT2D eigenvalue weighted by molar-refractivity contribution is 0.0943. The number of aromatic nitrogens is 1. The van der Waals surface area contributed by atoms with E-state index in [2.05, 4.69) is 27.0 Å². The molecule has 1 N–H and O–H groups in total. The van der Waals surface area contributed by atoms with Gasteiger partial charge in [0.2, 0.25) is 0 Å². The Labute approximate surface area is 157 Å². The highest BCUT2D eigenvalue weighted by Crippen LogP contribution is 2.29. The van der Waals surface area contributed by atoms with Gasteiger partial charge in [-0.05, 0) is 38.6 Å². The van der Waals surface area contributed by atoms with Gasteiger partial charge in [0.1, 0.15) is 10.7 Å². The summed E-state index contributed by atoms with van der Waals surface area (Å²) in [5.41, 5.74) is 1.81. The van der Waals surface area contributed by atoms with Gasteiger partial charge in [-0.2, -0.15) is 0 Å². The highest BCUT2D eigenvalue weighted by atomic mass is 32.1. The number of nitrogens with zero attached hydrogens (tertiary/aromatic N) is 3. The third-order valence-corrected chi connectivity index (χ3v) is 5.72. The molecule has 0 spiro atoms. The van der Waals surface area contributed by atoms with Crippen molar-refractivity contribution in [2.45, 2.75) is 26.8 Å². The summed E-state index contributed by atoms with van der Waals surface area (Å²) in [7, 11) is 0. The number of halogens is 1. The maximum absolute atomic E-state index is 13.9. The molecule has 2 aromatic rings. The summed E-state index contributed by atoms with van der Waals surface area (Å²) < 4.78 is 13.9. The summed E-state index contributed by atoms with van der Waals surface area (Å²) in [5, 5.41) is 3.83. The quantitative estimate of drug-likeness (QED) is 0.870. The number of amides is 1. The fourth-order valence-electron chi connectivity index (χ4n) is 3.28. The molecule has 2 heterocycles. The van der Waals surface area contributed by atoms with Gasteiger partial charge in [-0.1, -0.05) is 6.92 Å². The molecule has 7 heteroatoms. The minimum absolute atomic E-state index is 0.172. The SMILES string of the molecule is CCN1CCN(c2ccc(F)cc2C(C)NC(=O)c2cnc(C)s2)CC1. The first kappa shape index (κ1) is 18.8. The van der Waals surface area contributed by atoms with Gasteiger partial charge in [0, 0.05) is 37.4 Å². The van der Waals surface area contributed by atoms with E-state index in [-0.39, 0.29) is 17.8 Å². The maximum Gasteiger partial charge on any atom is 0.263 e. The van der Waals surface area contributed by atoms with E-state index in [9.17, 15) is 9.18 Å². The van der Waals surface area contributed by atoms with Crippen molar-refractivity contribution in [1.29, 1.82) is 0 Å². The van der Waals surface area contributed by atoms with Gasteiger partial charge in [-0.25, -0.2) is 9.37 Å². The fourth-order valence-corrected chi connectivity index (χ4v) is 3.96. The number of hydrogen-bond donors (Lipinski definition) is 1. The van der Waals surface area contributed by atoms with E-state index in [1.807, 2.05) is 19.9 Å². The lowest BCUT2D eigenvalue weighted by Gasteiger charge is -2.37. The Morgan fingerprint density at radius 2 is 2.08 bits per heavy atom. The molecular formula is C19H25FN4OS. The van der Waals surface area contributed by atoms with Gasteiger partial charge in [0.25, 0.3) is 5.91 Å². The van der Waals surface area contributed by atoms with E-state index in [0.717, 1.165) is 49.0 Å². The molecule has 0 radical (unpaired) electrons. The summed E-state index contributed by atoms with van der Waals surface area (Å²) in [6.45, 7) is 10.8. The number of benzene rings is 1. The number of carbonyl (C=O) groups is 1. The van der Waals surface area contributed by atoms with Crippen molar-refractivity contribution in [3.63, 3.8) is 0 Å². The van der Waals surface area contributed by atoms with Crippen LogP contribution in [0, 0.1) is 12.7 Å². The zero-order valence-corrected chi connectivity index (χ0v) is 16.3. The number of piperazine rings is 1. The molecule has 1 fully saturated rings. The number of anilines is 1. The van der Waals surface area contributed by atoms with Crippen molar-refractivity contribution >= 4 is 22.9 Å². The van der Waals surface area contributed by atoms with E-state index in [4.69, 9.17) is 0 Å². The number of carbonyl (C=O) groups excluding carboxylic acids is 1. The predicted molar refractivity (Wildman–Crippen MR) is 103 cm³/mol. The van der Waals surface area contributed by atoms with Crippen molar-refractivity contribution in [2.75, 3.05) is 37.6 Å². The highest BCUT2D eigenvalue weighted by molar-refractivity contribution is 7.13. The van der Waals surface area contributed by atoms with E-state index < -0.39 is 0 Å². The summed E-state index contributed by atoms with van der Waals surface area (Å²) in [4.78, 5) is 21.8. The maximum atomic E-state index is 13.9. The third kappa shape index (κ3) is 4.22. The lowest BCUT2D eigenvalue weighted by atomic mass is 10.0. The van der Waals surface area contributed by atoms with Crippen LogP contribution in [0.3, 0.4) is 0 Å². The molecule has 1 aliphatic heterocycles. The van der Waals surface area contributed by atoms with Gasteiger partial charge in [0.05, 0.1) is 17.2 Å². The van der Waals surface area contributed by atoms with Crippen LogP contribution in [0.4, 0.5) is 10.1 Å². The third-order valence-electron chi connectivity index (χ3n) is 4.81. The van der Waals surface area contributed by atoms with Crippen molar-refractivity contribution in [3.05, 3.63) is 45.7 Å². The molecule has 1 aliphatic rings. The first-order valence-corrected chi connectivity index (χ1v) is 9.79. The Hall–Kier alpha value is -1.99. The standard InChI is InChI=1S/C19H25FN4OS/c1-4-23-7-9-24(10-8-23)17-6-5-15(20)11-16(17)13(2)22-19(25)18-12-21-14(3)26-18/h5-6,11-13H,4,7-10H2,1-3H3,(H,22,25). The van der Waals surface area contributed by atoms with Crippen LogP contribution < -0.4 is 10.2 Å². The van der Waals surface area contributed by atoms with Gasteiger partial charge in [-0.15, -0.1) is 11.3 Å². The molecule has 26 heavy (non-hydrogen) atoms. The van der Waals surface area contributed by atoms with Crippen LogP contribution in [0.15, 0.2) is 24.4 Å². The Morgan fingerprint density at radius 1 is 1.35 bits per heavy atom. The Morgan fingerprint density at radius 3 is 2.69 bits per heavy atom. The molecule has 0 aliphatic carbocycles. The van der Waals surface area contributed by atoms with Gasteiger partial charge in [-0.3, -0.25) is 4.79 Å². The highest BCUT2D eigenvalue weighted by Gasteiger charge is 2.22. The average Bonchev–Trinajstić information content (AvgIpc) is 3.08. The molecule has 1 amide bonds. The predicted octanol–water partition coefficient (Wildman–Crippen LogP) is 3.22. The zero-order valence-electron chi connectivity index (χ0n) is 15.5. The Kier molecular flexibility index (Phi) is 5.88.